The first-order chi connectivity index (χ1) is 15.3. The lowest BCUT2D eigenvalue weighted by Gasteiger charge is -2.26. The zero-order valence-electron chi connectivity index (χ0n) is 19.2. The van der Waals surface area contributed by atoms with Crippen molar-refractivity contribution < 1.29 is 19.4 Å². The van der Waals surface area contributed by atoms with Crippen molar-refractivity contribution in [2.24, 2.45) is 5.92 Å². The second kappa shape index (κ2) is 10.5. The summed E-state index contributed by atoms with van der Waals surface area (Å²) in [5, 5.41) is 11.1. The molecule has 1 aliphatic rings. The van der Waals surface area contributed by atoms with Crippen molar-refractivity contribution in [3.8, 4) is 5.75 Å². The number of likely N-dealkylation sites (tertiary alicyclic amines) is 1. The molecule has 0 saturated carbocycles. The standard InChI is InChI=1S/C26H32N2O4/c1-18(2)17-32-21-13-11-20(12-14-21)24(29)22-23(19-9-6-5-7-10-19)28(26(31)25(22)30)16-8-15-27(3)4/h5-7,9-14,18,23,29H,8,15-17H2,1-4H3/b24-22+. The van der Waals surface area contributed by atoms with Gasteiger partial charge in [-0.3, -0.25) is 9.59 Å². The first-order valence-electron chi connectivity index (χ1n) is 11.0. The molecule has 0 aromatic heterocycles. The maximum Gasteiger partial charge on any atom is 0.295 e. The van der Waals surface area contributed by atoms with Crippen LogP contribution in [0.2, 0.25) is 0 Å². The number of benzene rings is 2. The molecule has 0 spiro atoms. The van der Waals surface area contributed by atoms with Crippen LogP contribution < -0.4 is 4.74 Å². The molecule has 1 fully saturated rings. The number of aliphatic hydroxyl groups is 1. The molecule has 2 aromatic rings. The SMILES string of the molecule is CC(C)COc1ccc(/C(O)=C2\C(=O)C(=O)N(CCCN(C)C)C2c2ccccc2)cc1. The van der Waals surface area contributed by atoms with Crippen LogP contribution in [0, 0.1) is 5.92 Å². The fourth-order valence-electron chi connectivity index (χ4n) is 3.78. The van der Waals surface area contributed by atoms with Gasteiger partial charge in [0.15, 0.2) is 0 Å². The van der Waals surface area contributed by atoms with Gasteiger partial charge < -0.3 is 19.6 Å². The number of rotatable bonds is 9. The Morgan fingerprint density at radius 2 is 1.72 bits per heavy atom. The van der Waals surface area contributed by atoms with Crippen molar-refractivity contribution in [2.75, 3.05) is 33.8 Å². The normalized spacial score (nSPS) is 18.1. The van der Waals surface area contributed by atoms with Gasteiger partial charge in [0.1, 0.15) is 11.5 Å². The van der Waals surface area contributed by atoms with Crippen LogP contribution in [0.25, 0.3) is 5.76 Å². The third-order valence-corrected chi connectivity index (χ3v) is 5.37. The molecule has 170 valence electrons. The van der Waals surface area contributed by atoms with E-state index in [4.69, 9.17) is 4.74 Å². The van der Waals surface area contributed by atoms with Crippen molar-refractivity contribution in [3.05, 3.63) is 71.3 Å². The zero-order chi connectivity index (χ0) is 23.3. The second-order valence-corrected chi connectivity index (χ2v) is 8.79. The van der Waals surface area contributed by atoms with Crippen LogP contribution in [0.1, 0.15) is 37.4 Å². The van der Waals surface area contributed by atoms with Gasteiger partial charge in [-0.15, -0.1) is 0 Å². The number of Topliss-reactive ketones (excluding diaryl/α,β-unsaturated/α-hetero) is 1. The summed E-state index contributed by atoms with van der Waals surface area (Å²) in [4.78, 5) is 29.5. The van der Waals surface area contributed by atoms with E-state index in [-0.39, 0.29) is 11.3 Å². The van der Waals surface area contributed by atoms with Crippen LogP contribution in [0.15, 0.2) is 60.2 Å². The van der Waals surface area contributed by atoms with Crippen molar-refractivity contribution in [1.29, 1.82) is 0 Å². The van der Waals surface area contributed by atoms with E-state index in [1.165, 1.54) is 0 Å². The van der Waals surface area contributed by atoms with Gasteiger partial charge in [0.2, 0.25) is 0 Å². The van der Waals surface area contributed by atoms with Gasteiger partial charge in [0.05, 0.1) is 18.2 Å². The van der Waals surface area contributed by atoms with E-state index in [9.17, 15) is 14.7 Å². The van der Waals surface area contributed by atoms with Gasteiger partial charge in [0.25, 0.3) is 11.7 Å². The molecule has 1 atom stereocenters. The summed E-state index contributed by atoms with van der Waals surface area (Å²) in [5.41, 5.74) is 1.41. The lowest BCUT2D eigenvalue weighted by atomic mass is 9.95. The summed E-state index contributed by atoms with van der Waals surface area (Å²) in [6.45, 7) is 5.96. The van der Waals surface area contributed by atoms with Gasteiger partial charge in [-0.1, -0.05) is 44.2 Å². The Morgan fingerprint density at radius 3 is 2.31 bits per heavy atom. The highest BCUT2D eigenvalue weighted by atomic mass is 16.5. The maximum absolute atomic E-state index is 13.0. The summed E-state index contributed by atoms with van der Waals surface area (Å²) in [5.74, 6) is -0.295. The maximum atomic E-state index is 13.0. The van der Waals surface area contributed by atoms with E-state index in [2.05, 4.69) is 13.8 Å². The second-order valence-electron chi connectivity index (χ2n) is 8.79. The van der Waals surface area contributed by atoms with Crippen LogP contribution in [0.3, 0.4) is 0 Å². The monoisotopic (exact) mass is 436 g/mol. The van der Waals surface area contributed by atoms with Crippen molar-refractivity contribution in [1.82, 2.24) is 9.80 Å². The fourth-order valence-corrected chi connectivity index (χ4v) is 3.78. The molecular formula is C26H32N2O4. The molecule has 6 nitrogen and oxygen atoms in total. The van der Waals surface area contributed by atoms with E-state index >= 15 is 0 Å². The minimum Gasteiger partial charge on any atom is -0.507 e. The van der Waals surface area contributed by atoms with E-state index < -0.39 is 17.7 Å². The largest absolute Gasteiger partial charge is 0.507 e. The number of hydrogen-bond donors (Lipinski definition) is 1. The number of amides is 1. The number of ether oxygens (including phenoxy) is 1. The third-order valence-electron chi connectivity index (χ3n) is 5.37. The molecule has 6 heteroatoms. The summed E-state index contributed by atoms with van der Waals surface area (Å²) >= 11 is 0. The topological polar surface area (TPSA) is 70.1 Å². The van der Waals surface area contributed by atoms with Crippen molar-refractivity contribution >= 4 is 17.4 Å². The first-order valence-corrected chi connectivity index (χ1v) is 11.0. The van der Waals surface area contributed by atoms with Crippen LogP contribution in [0.5, 0.6) is 5.75 Å². The molecule has 1 saturated heterocycles. The molecule has 3 rings (SSSR count). The highest BCUT2D eigenvalue weighted by molar-refractivity contribution is 6.46. The molecule has 1 unspecified atom stereocenters. The average Bonchev–Trinajstić information content (AvgIpc) is 3.03. The highest BCUT2D eigenvalue weighted by Crippen LogP contribution is 2.39. The van der Waals surface area contributed by atoms with E-state index in [1.54, 1.807) is 29.2 Å². The summed E-state index contributed by atoms with van der Waals surface area (Å²) < 4.78 is 5.71. The van der Waals surface area contributed by atoms with Crippen LogP contribution in [-0.4, -0.2) is 60.4 Å². The lowest BCUT2D eigenvalue weighted by molar-refractivity contribution is -0.139. The van der Waals surface area contributed by atoms with Gasteiger partial charge in [-0.25, -0.2) is 0 Å². The molecule has 0 bridgehead atoms. The highest BCUT2D eigenvalue weighted by Gasteiger charge is 2.45. The van der Waals surface area contributed by atoms with Crippen molar-refractivity contribution in [2.45, 2.75) is 26.3 Å². The lowest BCUT2D eigenvalue weighted by Crippen LogP contribution is -2.32. The Hall–Kier alpha value is -3.12. The van der Waals surface area contributed by atoms with E-state index in [1.807, 2.05) is 49.3 Å². The molecule has 2 aromatic carbocycles. The quantitative estimate of drug-likeness (QED) is 0.364. The van der Waals surface area contributed by atoms with Gasteiger partial charge >= 0.3 is 0 Å². The van der Waals surface area contributed by atoms with E-state index in [0.29, 0.717) is 30.4 Å². The molecule has 0 radical (unpaired) electrons. The van der Waals surface area contributed by atoms with Crippen LogP contribution in [0.4, 0.5) is 0 Å². The Balaban J connectivity index is 1.96. The molecule has 1 amide bonds. The van der Waals surface area contributed by atoms with Crippen LogP contribution >= 0.6 is 0 Å². The molecule has 32 heavy (non-hydrogen) atoms. The fraction of sp³-hybridized carbons (Fsp3) is 0.385. The van der Waals surface area contributed by atoms with Gasteiger partial charge in [0, 0.05) is 12.1 Å². The first kappa shape index (κ1) is 23.5. The minimum atomic E-state index is -0.652. The Kier molecular flexibility index (Phi) is 7.70. The van der Waals surface area contributed by atoms with Gasteiger partial charge in [-0.2, -0.15) is 0 Å². The summed E-state index contributed by atoms with van der Waals surface area (Å²) in [6.07, 6.45) is 0.727. The number of aliphatic hydroxyl groups excluding tert-OH is 1. The molecule has 1 heterocycles. The number of nitrogens with zero attached hydrogens (tertiary/aromatic N) is 2. The Morgan fingerprint density at radius 1 is 1.06 bits per heavy atom. The van der Waals surface area contributed by atoms with Crippen molar-refractivity contribution in [3.63, 3.8) is 0 Å². The number of ketones is 1. The predicted octanol–water partition coefficient (Wildman–Crippen LogP) is 4.09. The zero-order valence-corrected chi connectivity index (χ0v) is 19.2. The van der Waals surface area contributed by atoms with Crippen LogP contribution in [-0.2, 0) is 9.59 Å². The minimum absolute atomic E-state index is 0.127. The number of carbonyl (C=O) groups is 2. The average molecular weight is 437 g/mol. The van der Waals surface area contributed by atoms with E-state index in [0.717, 1.165) is 18.5 Å². The Bertz CT molecular complexity index is 965. The molecular weight excluding hydrogens is 404 g/mol. The molecule has 1 aliphatic heterocycles. The van der Waals surface area contributed by atoms with Gasteiger partial charge in [-0.05, 0) is 62.8 Å². The summed E-state index contributed by atoms with van der Waals surface area (Å²) in [7, 11) is 3.94. The smallest absolute Gasteiger partial charge is 0.295 e. The number of carbonyl (C=O) groups excluding carboxylic acids is 2. The third kappa shape index (κ3) is 5.37. The molecule has 1 N–H and O–H groups in total. The number of hydrogen-bond acceptors (Lipinski definition) is 5. The molecule has 0 aliphatic carbocycles. The predicted molar refractivity (Wildman–Crippen MR) is 125 cm³/mol. The summed E-state index contributed by atoms with van der Waals surface area (Å²) in [6, 6.07) is 15.7. The Labute approximate surface area is 190 Å².